The van der Waals surface area contributed by atoms with E-state index in [0.717, 1.165) is 5.56 Å². The van der Waals surface area contributed by atoms with Gasteiger partial charge in [-0.25, -0.2) is 0 Å². The van der Waals surface area contributed by atoms with Gasteiger partial charge in [0, 0.05) is 13.1 Å². The summed E-state index contributed by atoms with van der Waals surface area (Å²) in [7, 11) is 1.79. The van der Waals surface area contributed by atoms with Crippen molar-refractivity contribution in [2.24, 2.45) is 0 Å². The maximum Gasteiger partial charge on any atom is 0.226 e. The molecule has 3 heteroatoms. The molecule has 1 rings (SSSR count). The number of likely N-dealkylation sites (N-methyl/N-ethyl adjacent to an activating group) is 1. The first-order chi connectivity index (χ1) is 7.00. The molecule has 0 fully saturated rings. The number of amides is 1. The Morgan fingerprint density at radius 3 is 2.67 bits per heavy atom. The summed E-state index contributed by atoms with van der Waals surface area (Å²) in [6.45, 7) is 3.95. The Bertz CT molecular complexity index is 347. The highest BCUT2D eigenvalue weighted by molar-refractivity contribution is 5.78. The Balaban J connectivity index is 2.66. The number of nitrogens with zero attached hydrogens (tertiary/aromatic N) is 1. The average Bonchev–Trinajstić information content (AvgIpc) is 2.16. The van der Waals surface area contributed by atoms with Gasteiger partial charge in [0.1, 0.15) is 5.75 Å². The van der Waals surface area contributed by atoms with Crippen LogP contribution in [-0.2, 0) is 11.2 Å². The normalized spacial score (nSPS) is 10.4. The number of carbonyl (C=O) groups excluding carboxylic acids is 1. The lowest BCUT2D eigenvalue weighted by atomic mass is 10.1. The van der Waals surface area contributed by atoms with Gasteiger partial charge in [-0.2, -0.15) is 0 Å². The van der Waals surface area contributed by atoms with Crippen LogP contribution in [0, 0.1) is 0 Å². The number of benzene rings is 1. The second-order valence-corrected chi connectivity index (χ2v) is 3.95. The van der Waals surface area contributed by atoms with Crippen molar-refractivity contribution in [2.75, 3.05) is 7.05 Å². The van der Waals surface area contributed by atoms with Crippen LogP contribution >= 0.6 is 0 Å². The molecule has 0 atom stereocenters. The monoisotopic (exact) mass is 207 g/mol. The summed E-state index contributed by atoms with van der Waals surface area (Å²) in [5, 5.41) is 9.25. The smallest absolute Gasteiger partial charge is 0.226 e. The number of phenolic OH excluding ortho intramolecular Hbond substituents is 1. The van der Waals surface area contributed by atoms with Crippen LogP contribution < -0.4 is 0 Å². The van der Waals surface area contributed by atoms with Crippen LogP contribution in [0.15, 0.2) is 24.3 Å². The second kappa shape index (κ2) is 4.82. The zero-order valence-corrected chi connectivity index (χ0v) is 9.40. The van der Waals surface area contributed by atoms with Gasteiger partial charge in [-0.15, -0.1) is 0 Å². The van der Waals surface area contributed by atoms with Crippen molar-refractivity contribution >= 4 is 5.91 Å². The molecular formula is C12H17NO2. The quantitative estimate of drug-likeness (QED) is 0.821. The first-order valence-corrected chi connectivity index (χ1v) is 5.04. The van der Waals surface area contributed by atoms with Crippen molar-refractivity contribution in [2.45, 2.75) is 26.3 Å². The van der Waals surface area contributed by atoms with E-state index < -0.39 is 0 Å². The van der Waals surface area contributed by atoms with E-state index in [2.05, 4.69) is 0 Å². The molecule has 0 aliphatic carbocycles. The van der Waals surface area contributed by atoms with Crippen molar-refractivity contribution in [3.63, 3.8) is 0 Å². The van der Waals surface area contributed by atoms with E-state index in [1.54, 1.807) is 30.1 Å². The number of aromatic hydroxyl groups is 1. The Morgan fingerprint density at radius 1 is 1.47 bits per heavy atom. The lowest BCUT2D eigenvalue weighted by Gasteiger charge is -2.21. The third kappa shape index (κ3) is 3.27. The summed E-state index contributed by atoms with van der Waals surface area (Å²) >= 11 is 0. The molecule has 0 aliphatic heterocycles. The molecule has 0 heterocycles. The third-order valence-corrected chi connectivity index (χ3v) is 2.43. The van der Waals surface area contributed by atoms with E-state index in [0.29, 0.717) is 6.42 Å². The molecule has 15 heavy (non-hydrogen) atoms. The topological polar surface area (TPSA) is 40.5 Å². The summed E-state index contributed by atoms with van der Waals surface area (Å²) in [4.78, 5) is 13.4. The van der Waals surface area contributed by atoms with Crippen LogP contribution in [0.1, 0.15) is 19.4 Å². The minimum Gasteiger partial charge on any atom is -0.508 e. The molecule has 0 unspecified atom stereocenters. The molecule has 1 aromatic rings. The molecule has 1 aromatic carbocycles. The molecule has 82 valence electrons. The van der Waals surface area contributed by atoms with Gasteiger partial charge in [0.2, 0.25) is 5.91 Å². The predicted octanol–water partition coefficient (Wildman–Crippen LogP) is 1.80. The van der Waals surface area contributed by atoms with Crippen molar-refractivity contribution in [3.8, 4) is 5.75 Å². The highest BCUT2D eigenvalue weighted by atomic mass is 16.3. The maximum atomic E-state index is 11.7. The van der Waals surface area contributed by atoms with E-state index in [1.807, 2.05) is 19.9 Å². The van der Waals surface area contributed by atoms with Crippen LogP contribution in [0.25, 0.3) is 0 Å². The van der Waals surface area contributed by atoms with Crippen molar-refractivity contribution in [3.05, 3.63) is 29.8 Å². The Kier molecular flexibility index (Phi) is 3.72. The van der Waals surface area contributed by atoms with Crippen LogP contribution in [0.4, 0.5) is 0 Å². The summed E-state index contributed by atoms with van der Waals surface area (Å²) in [6, 6.07) is 7.00. The second-order valence-electron chi connectivity index (χ2n) is 3.95. The van der Waals surface area contributed by atoms with Gasteiger partial charge in [0.05, 0.1) is 6.42 Å². The molecule has 0 radical (unpaired) electrons. The summed E-state index contributed by atoms with van der Waals surface area (Å²) < 4.78 is 0. The van der Waals surface area contributed by atoms with Gasteiger partial charge in [-0.3, -0.25) is 4.79 Å². The van der Waals surface area contributed by atoms with Crippen molar-refractivity contribution in [1.29, 1.82) is 0 Å². The Labute approximate surface area is 90.3 Å². The number of carbonyl (C=O) groups is 1. The van der Waals surface area contributed by atoms with Crippen LogP contribution in [0.3, 0.4) is 0 Å². The zero-order chi connectivity index (χ0) is 11.4. The largest absolute Gasteiger partial charge is 0.508 e. The van der Waals surface area contributed by atoms with Crippen molar-refractivity contribution in [1.82, 2.24) is 4.90 Å². The fraction of sp³-hybridized carbons (Fsp3) is 0.417. The third-order valence-electron chi connectivity index (χ3n) is 2.43. The minimum absolute atomic E-state index is 0.0654. The molecule has 0 aromatic heterocycles. The van der Waals surface area contributed by atoms with Gasteiger partial charge < -0.3 is 10.0 Å². The van der Waals surface area contributed by atoms with Gasteiger partial charge >= 0.3 is 0 Å². The van der Waals surface area contributed by atoms with Crippen molar-refractivity contribution < 1.29 is 9.90 Å². The lowest BCUT2D eigenvalue weighted by Crippen LogP contribution is -2.34. The fourth-order valence-electron chi connectivity index (χ4n) is 1.25. The van der Waals surface area contributed by atoms with E-state index >= 15 is 0 Å². The van der Waals surface area contributed by atoms with Gasteiger partial charge in [-0.05, 0) is 31.5 Å². The van der Waals surface area contributed by atoms with E-state index in [-0.39, 0.29) is 17.7 Å². The van der Waals surface area contributed by atoms with Crippen LogP contribution in [0.2, 0.25) is 0 Å². The standard InChI is InChI=1S/C12H17NO2/c1-9(2)13(3)12(15)8-10-5-4-6-11(14)7-10/h4-7,9,14H,8H2,1-3H3. The molecule has 0 aliphatic rings. The number of hydrogen-bond acceptors (Lipinski definition) is 2. The highest BCUT2D eigenvalue weighted by Crippen LogP contribution is 2.12. The minimum atomic E-state index is 0.0654. The summed E-state index contributed by atoms with van der Waals surface area (Å²) in [5.41, 5.74) is 0.840. The first-order valence-electron chi connectivity index (χ1n) is 5.04. The molecule has 1 amide bonds. The molecule has 0 saturated carbocycles. The predicted molar refractivity (Wildman–Crippen MR) is 59.7 cm³/mol. The molecule has 0 spiro atoms. The Hall–Kier alpha value is -1.51. The summed E-state index contributed by atoms with van der Waals surface area (Å²) in [5.74, 6) is 0.267. The van der Waals surface area contributed by atoms with Gasteiger partial charge in [0.15, 0.2) is 0 Å². The maximum absolute atomic E-state index is 11.7. The molecule has 1 N–H and O–H groups in total. The Morgan fingerprint density at radius 2 is 2.13 bits per heavy atom. The van der Waals surface area contributed by atoms with E-state index in [1.165, 1.54) is 0 Å². The molecule has 3 nitrogen and oxygen atoms in total. The highest BCUT2D eigenvalue weighted by Gasteiger charge is 2.12. The SMILES string of the molecule is CC(C)N(C)C(=O)Cc1cccc(O)c1. The zero-order valence-electron chi connectivity index (χ0n) is 9.40. The fourth-order valence-corrected chi connectivity index (χ4v) is 1.25. The van der Waals surface area contributed by atoms with E-state index in [9.17, 15) is 9.90 Å². The van der Waals surface area contributed by atoms with Crippen LogP contribution in [0.5, 0.6) is 5.75 Å². The summed E-state index contributed by atoms with van der Waals surface area (Å²) in [6.07, 6.45) is 0.336. The number of phenols is 1. The van der Waals surface area contributed by atoms with E-state index in [4.69, 9.17) is 0 Å². The molecule has 0 saturated heterocycles. The number of hydrogen-bond donors (Lipinski definition) is 1. The average molecular weight is 207 g/mol. The lowest BCUT2D eigenvalue weighted by molar-refractivity contribution is -0.130. The van der Waals surface area contributed by atoms with Gasteiger partial charge in [0.25, 0.3) is 0 Å². The molecule has 0 bridgehead atoms. The number of rotatable bonds is 3. The van der Waals surface area contributed by atoms with Crippen LogP contribution in [-0.4, -0.2) is 29.0 Å². The van der Waals surface area contributed by atoms with Gasteiger partial charge in [-0.1, -0.05) is 12.1 Å². The molecular weight excluding hydrogens is 190 g/mol. The first kappa shape index (κ1) is 11.6.